The fourth-order valence-corrected chi connectivity index (χ4v) is 5.19. The molecule has 1 aromatic heterocycles. The summed E-state index contributed by atoms with van der Waals surface area (Å²) in [6.45, 7) is 0.261. The van der Waals surface area contributed by atoms with E-state index in [2.05, 4.69) is 10.6 Å². The number of hydrogen-bond acceptors (Lipinski definition) is 4. The van der Waals surface area contributed by atoms with Gasteiger partial charge in [0, 0.05) is 23.0 Å². The molecule has 2 aliphatic rings. The highest BCUT2D eigenvalue weighted by molar-refractivity contribution is 7.13. The van der Waals surface area contributed by atoms with Gasteiger partial charge in [0.25, 0.3) is 11.8 Å². The third-order valence-corrected chi connectivity index (χ3v) is 7.21. The van der Waals surface area contributed by atoms with Crippen LogP contribution in [-0.4, -0.2) is 41.2 Å². The molecule has 2 unspecified atom stereocenters. The van der Waals surface area contributed by atoms with Gasteiger partial charge in [0.15, 0.2) is 0 Å². The lowest BCUT2D eigenvalue weighted by atomic mass is 9.95. The van der Waals surface area contributed by atoms with Gasteiger partial charge in [0.1, 0.15) is 6.04 Å². The van der Waals surface area contributed by atoms with E-state index in [9.17, 15) is 27.6 Å². The lowest BCUT2D eigenvalue weighted by Gasteiger charge is -2.37. The van der Waals surface area contributed by atoms with Crippen molar-refractivity contribution in [3.63, 3.8) is 0 Å². The molecule has 180 valence electrons. The van der Waals surface area contributed by atoms with Gasteiger partial charge in [-0.15, -0.1) is 11.3 Å². The molecular weight excluding hydrogens is 479 g/mol. The number of fused-ring (bicyclic) bond motifs is 2. The largest absolute Gasteiger partial charge is 0.416 e. The minimum Gasteiger partial charge on any atom is -0.349 e. The summed E-state index contributed by atoms with van der Waals surface area (Å²) < 4.78 is 38.3. The van der Waals surface area contributed by atoms with Gasteiger partial charge < -0.3 is 15.5 Å². The Morgan fingerprint density at radius 1 is 1.09 bits per heavy atom. The number of nitrogens with zero attached hydrogens (tertiary/aromatic N) is 1. The molecule has 1 saturated heterocycles. The van der Waals surface area contributed by atoms with E-state index in [0.717, 1.165) is 34.7 Å². The summed E-state index contributed by atoms with van der Waals surface area (Å²) in [6.07, 6.45) is -3.86. The average molecular weight is 500 g/mol. The highest BCUT2D eigenvalue weighted by Crippen LogP contribution is 2.33. The van der Waals surface area contributed by atoms with Crippen molar-refractivity contribution in [2.24, 2.45) is 0 Å². The lowest BCUT2D eigenvalue weighted by molar-refractivity contribution is -0.137. The zero-order valence-corrected chi connectivity index (χ0v) is 19.1. The third-order valence-electron chi connectivity index (χ3n) is 6.29. The highest BCUT2D eigenvalue weighted by atomic mass is 32.1. The molecule has 35 heavy (non-hydrogen) atoms. The molecule has 0 radical (unpaired) electrons. The lowest BCUT2D eigenvalue weighted by Crippen LogP contribution is -2.55. The van der Waals surface area contributed by atoms with Crippen LogP contribution in [0.5, 0.6) is 0 Å². The Balaban J connectivity index is 1.31. The maximum absolute atomic E-state index is 13.4. The van der Waals surface area contributed by atoms with E-state index in [-0.39, 0.29) is 30.3 Å². The number of carbonyl (C=O) groups excluding carboxylic acids is 3. The molecule has 0 saturated carbocycles. The number of thiophene rings is 1. The molecule has 3 heterocycles. The van der Waals surface area contributed by atoms with Crippen LogP contribution in [0.2, 0.25) is 0 Å². The number of piperidine rings is 1. The minimum absolute atomic E-state index is 0.0929. The summed E-state index contributed by atoms with van der Waals surface area (Å²) in [7, 11) is 0. The Labute approximate surface area is 202 Å². The number of benzene rings is 2. The first-order valence-electron chi connectivity index (χ1n) is 11.0. The quantitative estimate of drug-likeness (QED) is 0.544. The van der Waals surface area contributed by atoms with E-state index < -0.39 is 29.7 Å². The molecule has 10 heteroatoms. The molecule has 2 N–H and O–H groups in total. The van der Waals surface area contributed by atoms with Gasteiger partial charge in [-0.3, -0.25) is 14.4 Å². The van der Waals surface area contributed by atoms with Gasteiger partial charge in [-0.25, -0.2) is 0 Å². The molecular formula is C25H20F3N3O3S. The Bertz CT molecular complexity index is 1290. The number of alkyl halides is 3. The van der Waals surface area contributed by atoms with Crippen LogP contribution in [-0.2, 0) is 11.0 Å². The first-order chi connectivity index (χ1) is 16.7. The van der Waals surface area contributed by atoms with Gasteiger partial charge in [-0.05, 0) is 66.2 Å². The number of nitrogens with one attached hydrogen (secondary N) is 2. The van der Waals surface area contributed by atoms with Crippen LogP contribution in [0.15, 0.2) is 60.0 Å². The second-order valence-electron chi connectivity index (χ2n) is 8.51. The molecule has 3 amide bonds. The summed E-state index contributed by atoms with van der Waals surface area (Å²) in [6, 6.07) is 12.0. The molecule has 5 rings (SSSR count). The fraction of sp³-hybridized carbons (Fsp3) is 0.240. The van der Waals surface area contributed by atoms with Crippen molar-refractivity contribution in [1.29, 1.82) is 0 Å². The number of carbonyl (C=O) groups is 3. The van der Waals surface area contributed by atoms with Crippen molar-refractivity contribution in [2.45, 2.75) is 31.1 Å². The average Bonchev–Trinajstić information content (AvgIpc) is 3.35. The third kappa shape index (κ3) is 4.53. The fourth-order valence-electron chi connectivity index (χ4n) is 4.46. The molecule has 2 atom stereocenters. The zero-order valence-electron chi connectivity index (χ0n) is 18.3. The van der Waals surface area contributed by atoms with E-state index >= 15 is 0 Å². The Kier molecular flexibility index (Phi) is 5.84. The summed E-state index contributed by atoms with van der Waals surface area (Å²) in [4.78, 5) is 41.5. The number of hydrogen-bond donors (Lipinski definition) is 2. The van der Waals surface area contributed by atoms with Crippen LogP contribution in [0.1, 0.15) is 39.1 Å². The van der Waals surface area contributed by atoms with Crippen LogP contribution in [0.4, 0.5) is 18.9 Å². The van der Waals surface area contributed by atoms with Crippen molar-refractivity contribution < 1.29 is 27.6 Å². The number of anilines is 1. The van der Waals surface area contributed by atoms with Crippen molar-refractivity contribution in [1.82, 2.24) is 10.2 Å². The first kappa shape index (κ1) is 23.1. The van der Waals surface area contributed by atoms with Crippen LogP contribution < -0.4 is 10.6 Å². The standard InChI is InChI=1S/C25H20F3N3O3S/c26-25(27,28)16-6-3-14(4-7-16)22(32)29-17-9-10-31-20(13-17)23(33)30-19-8-5-15(12-18(19)24(31)34)21-2-1-11-35-21/h1-8,11-12,17,20H,9-10,13H2,(H,29,32)(H,30,33). The maximum Gasteiger partial charge on any atom is 0.416 e. The van der Waals surface area contributed by atoms with E-state index in [1.807, 2.05) is 23.6 Å². The second-order valence-corrected chi connectivity index (χ2v) is 9.46. The van der Waals surface area contributed by atoms with E-state index in [0.29, 0.717) is 17.7 Å². The second kappa shape index (κ2) is 8.84. The van der Waals surface area contributed by atoms with E-state index in [4.69, 9.17) is 0 Å². The number of rotatable bonds is 3. The Morgan fingerprint density at radius 2 is 1.86 bits per heavy atom. The monoisotopic (exact) mass is 499 g/mol. The topological polar surface area (TPSA) is 78.5 Å². The highest BCUT2D eigenvalue weighted by Gasteiger charge is 2.40. The molecule has 1 fully saturated rings. The molecule has 0 bridgehead atoms. The SMILES string of the molecule is O=C(NC1CCN2C(=O)c3cc(-c4cccs4)ccc3NC(=O)C2C1)c1ccc(C(F)(F)F)cc1. The molecule has 3 aromatic rings. The number of amides is 3. The van der Waals surface area contributed by atoms with E-state index in [1.165, 1.54) is 4.90 Å². The van der Waals surface area contributed by atoms with Crippen LogP contribution in [0.25, 0.3) is 10.4 Å². The van der Waals surface area contributed by atoms with Gasteiger partial charge in [-0.2, -0.15) is 13.2 Å². The predicted molar refractivity (Wildman–Crippen MR) is 125 cm³/mol. The van der Waals surface area contributed by atoms with Crippen molar-refractivity contribution >= 4 is 34.7 Å². The van der Waals surface area contributed by atoms with E-state index in [1.54, 1.807) is 23.5 Å². The van der Waals surface area contributed by atoms with Gasteiger partial charge >= 0.3 is 6.18 Å². The summed E-state index contributed by atoms with van der Waals surface area (Å²) in [5, 5.41) is 7.58. The van der Waals surface area contributed by atoms with Gasteiger partial charge in [0.05, 0.1) is 16.8 Å². The van der Waals surface area contributed by atoms with Gasteiger partial charge in [0.2, 0.25) is 5.91 Å². The normalized spacial score (nSPS) is 19.9. The molecule has 0 spiro atoms. The van der Waals surface area contributed by atoms with Crippen LogP contribution in [0, 0.1) is 0 Å². The molecule has 2 aromatic carbocycles. The number of halogens is 3. The first-order valence-corrected chi connectivity index (χ1v) is 11.9. The Morgan fingerprint density at radius 3 is 2.54 bits per heavy atom. The minimum atomic E-state index is -4.48. The zero-order chi connectivity index (χ0) is 24.7. The van der Waals surface area contributed by atoms with Crippen molar-refractivity contribution in [3.05, 3.63) is 76.7 Å². The molecule has 6 nitrogen and oxygen atoms in total. The summed E-state index contributed by atoms with van der Waals surface area (Å²) >= 11 is 1.55. The maximum atomic E-state index is 13.4. The van der Waals surface area contributed by atoms with Crippen molar-refractivity contribution in [2.75, 3.05) is 11.9 Å². The van der Waals surface area contributed by atoms with Crippen LogP contribution >= 0.6 is 11.3 Å². The summed E-state index contributed by atoms with van der Waals surface area (Å²) in [5.41, 5.74) is 1.01. The van der Waals surface area contributed by atoms with Crippen molar-refractivity contribution in [3.8, 4) is 10.4 Å². The van der Waals surface area contributed by atoms with Gasteiger partial charge in [-0.1, -0.05) is 12.1 Å². The summed E-state index contributed by atoms with van der Waals surface area (Å²) in [5.74, 6) is -1.12. The molecule has 0 aliphatic carbocycles. The van der Waals surface area contributed by atoms with Crippen LogP contribution in [0.3, 0.4) is 0 Å². The Hall–Kier alpha value is -3.66. The predicted octanol–water partition coefficient (Wildman–Crippen LogP) is 4.79. The smallest absolute Gasteiger partial charge is 0.349 e. The molecule has 2 aliphatic heterocycles.